The first-order valence-corrected chi connectivity index (χ1v) is 10.5. The van der Waals surface area contributed by atoms with Crippen LogP contribution in [0.5, 0.6) is 0 Å². The van der Waals surface area contributed by atoms with Gasteiger partial charge >= 0.3 is 5.97 Å². The number of hydrogen-bond donors (Lipinski definition) is 1. The van der Waals surface area contributed by atoms with Crippen molar-refractivity contribution in [2.75, 3.05) is 0 Å². The molecule has 29 heavy (non-hydrogen) atoms. The highest BCUT2D eigenvalue weighted by Gasteiger charge is 2.20. The van der Waals surface area contributed by atoms with Gasteiger partial charge in [0.25, 0.3) is 10.0 Å². The van der Waals surface area contributed by atoms with E-state index < -0.39 is 21.4 Å². The van der Waals surface area contributed by atoms with E-state index in [-0.39, 0.29) is 4.90 Å². The highest BCUT2D eigenvalue weighted by molar-refractivity contribution is 7.90. The van der Waals surface area contributed by atoms with Gasteiger partial charge in [-0.2, -0.15) is 0 Å². The monoisotopic (exact) mass is 410 g/mol. The van der Waals surface area contributed by atoms with Crippen molar-refractivity contribution in [2.45, 2.75) is 25.2 Å². The molecule has 7 heteroatoms. The largest absolute Gasteiger partial charge is 0.478 e. The molecule has 150 valence electrons. The topological polar surface area (TPSA) is 89.3 Å². The Morgan fingerprint density at radius 1 is 1.14 bits per heavy atom. The average Bonchev–Trinajstić information content (AvgIpc) is 3.16. The molecule has 0 aliphatic carbocycles. The van der Waals surface area contributed by atoms with E-state index in [9.17, 15) is 13.2 Å². The van der Waals surface area contributed by atoms with Crippen molar-refractivity contribution >= 4 is 16.0 Å². The third-order valence-corrected chi connectivity index (χ3v) is 6.14. The SMILES string of the molecule is CC(C)(/C=C/C(=O)O)Cc1ccn(S(=O)(=O)c2ccc(-c3cccnc3)cc2)c1. The molecule has 2 aromatic heterocycles. The Morgan fingerprint density at radius 3 is 2.48 bits per heavy atom. The number of pyridine rings is 1. The third-order valence-electron chi connectivity index (χ3n) is 4.49. The van der Waals surface area contributed by atoms with Crippen molar-refractivity contribution in [2.24, 2.45) is 5.41 Å². The molecule has 0 spiro atoms. The Kier molecular flexibility index (Phi) is 5.70. The molecule has 1 N–H and O–H groups in total. The second kappa shape index (κ2) is 8.05. The number of allylic oxidation sites excluding steroid dienone is 1. The molecule has 3 aromatic rings. The Morgan fingerprint density at radius 2 is 1.86 bits per heavy atom. The van der Waals surface area contributed by atoms with Crippen LogP contribution in [0.2, 0.25) is 0 Å². The number of carboxylic acid groups (broad SMARTS) is 1. The van der Waals surface area contributed by atoms with Crippen molar-refractivity contribution in [3.8, 4) is 11.1 Å². The van der Waals surface area contributed by atoms with Gasteiger partial charge in [0, 0.05) is 30.9 Å². The molecule has 0 saturated carbocycles. The van der Waals surface area contributed by atoms with Gasteiger partial charge in [0.15, 0.2) is 0 Å². The van der Waals surface area contributed by atoms with Crippen molar-refractivity contribution in [3.63, 3.8) is 0 Å². The van der Waals surface area contributed by atoms with Crippen LogP contribution in [0.1, 0.15) is 19.4 Å². The van der Waals surface area contributed by atoms with Crippen LogP contribution in [-0.2, 0) is 21.2 Å². The molecule has 0 fully saturated rings. The minimum atomic E-state index is -3.71. The van der Waals surface area contributed by atoms with Crippen LogP contribution in [0.15, 0.2) is 84.3 Å². The standard InChI is InChI=1S/C22H22N2O4S/c1-22(2,11-9-21(25)26)14-17-10-13-24(16-17)29(27,28)20-7-5-18(6-8-20)19-4-3-12-23-15-19/h3-13,15-16H,14H2,1-2H3,(H,25,26)/b11-9+. The van der Waals surface area contributed by atoms with Crippen molar-refractivity contribution in [1.29, 1.82) is 0 Å². The number of carboxylic acids is 1. The van der Waals surface area contributed by atoms with Gasteiger partial charge in [0.1, 0.15) is 0 Å². The zero-order chi connectivity index (χ0) is 21.1. The van der Waals surface area contributed by atoms with Gasteiger partial charge in [-0.15, -0.1) is 0 Å². The van der Waals surface area contributed by atoms with E-state index in [4.69, 9.17) is 5.11 Å². The summed E-state index contributed by atoms with van der Waals surface area (Å²) in [5.74, 6) is -1.01. The van der Waals surface area contributed by atoms with Crippen molar-refractivity contribution in [3.05, 3.63) is 85.0 Å². The second-order valence-corrected chi connectivity index (χ2v) is 9.30. The van der Waals surface area contributed by atoms with Gasteiger partial charge in [-0.05, 0) is 52.8 Å². The Hall–Kier alpha value is -3.19. The highest BCUT2D eigenvalue weighted by atomic mass is 32.2. The number of benzene rings is 1. The molecule has 0 bridgehead atoms. The molecule has 3 rings (SSSR count). The smallest absolute Gasteiger partial charge is 0.327 e. The van der Waals surface area contributed by atoms with Gasteiger partial charge in [0.05, 0.1) is 4.90 Å². The predicted octanol–water partition coefficient (Wildman–Crippen LogP) is 4.00. The Balaban J connectivity index is 1.81. The van der Waals surface area contributed by atoms with Crippen LogP contribution in [-0.4, -0.2) is 28.5 Å². The summed E-state index contributed by atoms with van der Waals surface area (Å²) in [7, 11) is -3.71. The van der Waals surface area contributed by atoms with Crippen molar-refractivity contribution < 1.29 is 18.3 Å². The van der Waals surface area contributed by atoms with Crippen LogP contribution in [0.25, 0.3) is 11.1 Å². The lowest BCUT2D eigenvalue weighted by atomic mass is 9.86. The molecule has 2 heterocycles. The summed E-state index contributed by atoms with van der Waals surface area (Å²) in [6, 6.07) is 12.2. The van der Waals surface area contributed by atoms with Crippen molar-refractivity contribution in [1.82, 2.24) is 8.96 Å². The molecular weight excluding hydrogens is 388 g/mol. The molecule has 0 radical (unpaired) electrons. The fraction of sp³-hybridized carbons (Fsp3) is 0.182. The quantitative estimate of drug-likeness (QED) is 0.595. The first kappa shape index (κ1) is 20.5. The van der Waals surface area contributed by atoms with Gasteiger partial charge in [-0.25, -0.2) is 17.2 Å². The maximum absolute atomic E-state index is 12.9. The maximum atomic E-state index is 12.9. The maximum Gasteiger partial charge on any atom is 0.327 e. The normalized spacial score (nSPS) is 12.3. The zero-order valence-electron chi connectivity index (χ0n) is 16.2. The lowest BCUT2D eigenvalue weighted by Gasteiger charge is -2.18. The van der Waals surface area contributed by atoms with Crippen LogP contribution in [0.3, 0.4) is 0 Å². The van der Waals surface area contributed by atoms with E-state index >= 15 is 0 Å². The van der Waals surface area contributed by atoms with E-state index in [2.05, 4.69) is 4.98 Å². The van der Waals surface area contributed by atoms with E-state index in [0.717, 1.165) is 22.8 Å². The second-order valence-electron chi connectivity index (χ2n) is 7.46. The summed E-state index contributed by atoms with van der Waals surface area (Å²) in [6.07, 6.45) is 9.72. The number of aliphatic carboxylic acids is 1. The molecular formula is C22H22N2O4S. The average molecular weight is 410 g/mol. The van der Waals surface area contributed by atoms with Gasteiger partial charge < -0.3 is 5.11 Å². The summed E-state index contributed by atoms with van der Waals surface area (Å²) in [6.45, 7) is 3.80. The van der Waals surface area contributed by atoms with Crippen LogP contribution in [0, 0.1) is 5.41 Å². The first-order valence-electron chi connectivity index (χ1n) is 9.02. The molecule has 0 unspecified atom stereocenters. The molecule has 0 amide bonds. The summed E-state index contributed by atoms with van der Waals surface area (Å²) in [4.78, 5) is 15.0. The minimum Gasteiger partial charge on any atom is -0.478 e. The molecule has 0 aliphatic rings. The molecule has 1 aromatic carbocycles. The van der Waals surface area contributed by atoms with E-state index in [0.29, 0.717) is 6.42 Å². The van der Waals surface area contributed by atoms with E-state index in [1.807, 2.05) is 26.0 Å². The molecule has 0 saturated heterocycles. The predicted molar refractivity (Wildman–Crippen MR) is 111 cm³/mol. The van der Waals surface area contributed by atoms with Crippen LogP contribution in [0.4, 0.5) is 0 Å². The summed E-state index contributed by atoms with van der Waals surface area (Å²) >= 11 is 0. The number of carbonyl (C=O) groups is 1. The lowest BCUT2D eigenvalue weighted by Crippen LogP contribution is -2.13. The van der Waals surface area contributed by atoms with E-state index in [1.54, 1.807) is 55.0 Å². The number of nitrogens with zero attached hydrogens (tertiary/aromatic N) is 2. The minimum absolute atomic E-state index is 0.192. The lowest BCUT2D eigenvalue weighted by molar-refractivity contribution is -0.131. The van der Waals surface area contributed by atoms with Gasteiger partial charge in [-0.3, -0.25) is 4.98 Å². The molecule has 6 nitrogen and oxygen atoms in total. The fourth-order valence-electron chi connectivity index (χ4n) is 3.03. The molecule has 0 atom stereocenters. The van der Waals surface area contributed by atoms with Gasteiger partial charge in [0.2, 0.25) is 0 Å². The number of hydrogen-bond acceptors (Lipinski definition) is 4. The first-order chi connectivity index (χ1) is 13.7. The van der Waals surface area contributed by atoms with Crippen LogP contribution >= 0.6 is 0 Å². The number of rotatable bonds is 7. The molecule has 0 aliphatic heterocycles. The van der Waals surface area contributed by atoms with Gasteiger partial charge in [-0.1, -0.05) is 38.1 Å². The summed E-state index contributed by atoms with van der Waals surface area (Å²) < 4.78 is 27.1. The summed E-state index contributed by atoms with van der Waals surface area (Å²) in [5.41, 5.74) is 2.19. The zero-order valence-corrected chi connectivity index (χ0v) is 17.0. The fourth-order valence-corrected chi connectivity index (χ4v) is 4.25. The van der Waals surface area contributed by atoms with Crippen LogP contribution < -0.4 is 0 Å². The Bertz CT molecular complexity index is 1130. The third kappa shape index (κ3) is 5.00. The Labute approximate surface area is 170 Å². The number of aromatic nitrogens is 2. The highest BCUT2D eigenvalue weighted by Crippen LogP contribution is 2.26. The van der Waals surface area contributed by atoms with E-state index in [1.165, 1.54) is 10.2 Å². The summed E-state index contributed by atoms with van der Waals surface area (Å²) in [5, 5.41) is 8.80.